The Morgan fingerprint density at radius 3 is 2.24 bits per heavy atom. The molecule has 4 rings (SSSR count). The molecule has 1 N–H and O–H groups in total. The molecule has 144 valence electrons. The lowest BCUT2D eigenvalue weighted by atomic mass is 10.1. The zero-order valence-electron chi connectivity index (χ0n) is 16.8. The number of para-hydroxylation sites is 1. The van der Waals surface area contributed by atoms with Crippen molar-refractivity contribution in [2.45, 2.75) is 20.8 Å². The van der Waals surface area contributed by atoms with Crippen molar-refractivity contribution in [2.24, 2.45) is 0 Å². The van der Waals surface area contributed by atoms with E-state index in [1.807, 2.05) is 73.1 Å². The van der Waals surface area contributed by atoms with Gasteiger partial charge in [-0.3, -0.25) is 4.79 Å². The number of benzene rings is 3. The molecule has 4 heteroatoms. The van der Waals surface area contributed by atoms with E-state index < -0.39 is 0 Å². The number of hydrogen-bond donors (Lipinski definition) is 1. The van der Waals surface area contributed by atoms with E-state index in [0.29, 0.717) is 5.69 Å². The summed E-state index contributed by atoms with van der Waals surface area (Å²) in [6.45, 7) is 6.05. The standard InChI is InChI=1S/C25H23N3O/c1-17-10-13-20(14-11-17)24-16-23(27-28(24)21-7-5-4-6-8-21)25(29)26-22-15-18(2)9-12-19(22)3/h4-16H,1-3H3,(H,26,29). The molecule has 4 aromatic rings. The number of carbonyl (C=O) groups is 1. The van der Waals surface area contributed by atoms with Crippen LogP contribution in [0, 0.1) is 20.8 Å². The summed E-state index contributed by atoms with van der Waals surface area (Å²) in [6, 6.07) is 26.0. The average Bonchev–Trinajstić information content (AvgIpc) is 3.17. The van der Waals surface area contributed by atoms with Crippen LogP contribution in [0.1, 0.15) is 27.2 Å². The zero-order chi connectivity index (χ0) is 20.4. The Kier molecular flexibility index (Phi) is 5.00. The number of nitrogens with zero attached hydrogens (tertiary/aromatic N) is 2. The first-order chi connectivity index (χ1) is 14.0. The summed E-state index contributed by atoms with van der Waals surface area (Å²) >= 11 is 0. The summed E-state index contributed by atoms with van der Waals surface area (Å²) in [6.07, 6.45) is 0. The molecule has 3 aromatic carbocycles. The van der Waals surface area contributed by atoms with Gasteiger partial charge in [0.15, 0.2) is 5.69 Å². The molecule has 1 aromatic heterocycles. The summed E-state index contributed by atoms with van der Waals surface area (Å²) in [7, 11) is 0. The first kappa shape index (κ1) is 18.7. The highest BCUT2D eigenvalue weighted by atomic mass is 16.2. The van der Waals surface area contributed by atoms with Gasteiger partial charge in [0.25, 0.3) is 5.91 Å². The number of anilines is 1. The second-order valence-electron chi connectivity index (χ2n) is 7.30. The Hall–Kier alpha value is -3.66. The van der Waals surface area contributed by atoms with Crippen LogP contribution in [0.5, 0.6) is 0 Å². The number of hydrogen-bond acceptors (Lipinski definition) is 2. The van der Waals surface area contributed by atoms with E-state index in [-0.39, 0.29) is 5.91 Å². The molecular weight excluding hydrogens is 358 g/mol. The molecular formula is C25H23N3O. The molecule has 0 bridgehead atoms. The van der Waals surface area contributed by atoms with Crippen LogP contribution in [0.4, 0.5) is 5.69 Å². The van der Waals surface area contributed by atoms with Crippen molar-refractivity contribution in [1.82, 2.24) is 9.78 Å². The lowest BCUT2D eigenvalue weighted by Gasteiger charge is -2.08. The van der Waals surface area contributed by atoms with Crippen molar-refractivity contribution in [2.75, 3.05) is 5.32 Å². The largest absolute Gasteiger partial charge is 0.320 e. The Bertz CT molecular complexity index is 1160. The quantitative estimate of drug-likeness (QED) is 0.492. The van der Waals surface area contributed by atoms with Crippen LogP contribution in [0.2, 0.25) is 0 Å². The van der Waals surface area contributed by atoms with E-state index in [4.69, 9.17) is 0 Å². The van der Waals surface area contributed by atoms with E-state index in [0.717, 1.165) is 33.8 Å². The van der Waals surface area contributed by atoms with E-state index in [2.05, 4.69) is 41.6 Å². The highest BCUT2D eigenvalue weighted by molar-refractivity contribution is 6.04. The molecule has 4 nitrogen and oxygen atoms in total. The zero-order valence-corrected chi connectivity index (χ0v) is 16.8. The maximum Gasteiger partial charge on any atom is 0.276 e. The molecule has 0 spiro atoms. The Labute approximate surface area is 170 Å². The molecule has 0 aliphatic carbocycles. The van der Waals surface area contributed by atoms with Crippen molar-refractivity contribution >= 4 is 11.6 Å². The smallest absolute Gasteiger partial charge is 0.276 e. The monoisotopic (exact) mass is 381 g/mol. The van der Waals surface area contributed by atoms with Crippen LogP contribution in [0.25, 0.3) is 16.9 Å². The number of amides is 1. The summed E-state index contributed by atoms with van der Waals surface area (Å²) < 4.78 is 1.82. The van der Waals surface area contributed by atoms with Crippen molar-refractivity contribution < 1.29 is 4.79 Å². The van der Waals surface area contributed by atoms with Crippen LogP contribution in [0.3, 0.4) is 0 Å². The lowest BCUT2D eigenvalue weighted by Crippen LogP contribution is -2.14. The van der Waals surface area contributed by atoms with Gasteiger partial charge in [0.1, 0.15) is 0 Å². The molecule has 0 saturated heterocycles. The third kappa shape index (κ3) is 3.97. The predicted octanol–water partition coefficient (Wildman–Crippen LogP) is 5.72. The molecule has 1 amide bonds. The maximum atomic E-state index is 13.0. The van der Waals surface area contributed by atoms with E-state index in [1.165, 1.54) is 5.56 Å². The van der Waals surface area contributed by atoms with Crippen molar-refractivity contribution in [1.29, 1.82) is 0 Å². The molecule has 0 atom stereocenters. The number of aryl methyl sites for hydroxylation is 3. The predicted molar refractivity (Wildman–Crippen MR) is 118 cm³/mol. The Balaban J connectivity index is 1.75. The van der Waals surface area contributed by atoms with E-state index in [1.54, 1.807) is 0 Å². The van der Waals surface area contributed by atoms with Crippen molar-refractivity contribution in [3.8, 4) is 16.9 Å². The molecule has 0 radical (unpaired) electrons. The molecule has 29 heavy (non-hydrogen) atoms. The SMILES string of the molecule is Cc1ccc(-c2cc(C(=O)Nc3cc(C)ccc3C)nn2-c2ccccc2)cc1. The van der Waals surface area contributed by atoms with Gasteiger partial charge in [-0.1, -0.05) is 60.2 Å². The van der Waals surface area contributed by atoms with E-state index >= 15 is 0 Å². The fourth-order valence-corrected chi connectivity index (χ4v) is 3.24. The Morgan fingerprint density at radius 1 is 0.828 bits per heavy atom. The molecule has 0 unspecified atom stereocenters. The van der Waals surface area contributed by atoms with Gasteiger partial charge in [-0.15, -0.1) is 0 Å². The third-order valence-electron chi connectivity index (χ3n) is 4.93. The summed E-state index contributed by atoms with van der Waals surface area (Å²) in [5, 5.41) is 7.64. The second kappa shape index (κ2) is 7.76. The van der Waals surface area contributed by atoms with Crippen LogP contribution < -0.4 is 5.32 Å². The van der Waals surface area contributed by atoms with Crippen LogP contribution in [-0.2, 0) is 0 Å². The molecule has 0 saturated carbocycles. The first-order valence-corrected chi connectivity index (χ1v) is 9.62. The Morgan fingerprint density at radius 2 is 1.52 bits per heavy atom. The molecule has 0 aliphatic heterocycles. The van der Waals surface area contributed by atoms with Crippen LogP contribution in [-0.4, -0.2) is 15.7 Å². The van der Waals surface area contributed by atoms with E-state index in [9.17, 15) is 4.79 Å². The van der Waals surface area contributed by atoms with Gasteiger partial charge in [0.2, 0.25) is 0 Å². The van der Waals surface area contributed by atoms with Gasteiger partial charge in [0.05, 0.1) is 11.4 Å². The average molecular weight is 381 g/mol. The highest BCUT2D eigenvalue weighted by Gasteiger charge is 2.17. The summed E-state index contributed by atoms with van der Waals surface area (Å²) in [5.74, 6) is -0.221. The van der Waals surface area contributed by atoms with Gasteiger partial charge < -0.3 is 5.32 Å². The fraction of sp³-hybridized carbons (Fsp3) is 0.120. The summed E-state index contributed by atoms with van der Waals surface area (Å²) in [4.78, 5) is 13.0. The number of rotatable bonds is 4. The number of nitrogens with one attached hydrogen (secondary N) is 1. The van der Waals surface area contributed by atoms with Gasteiger partial charge in [-0.25, -0.2) is 4.68 Å². The lowest BCUT2D eigenvalue weighted by molar-refractivity contribution is 0.102. The molecule has 0 fully saturated rings. The normalized spacial score (nSPS) is 10.7. The minimum atomic E-state index is -0.221. The van der Waals surface area contributed by atoms with Crippen molar-refractivity contribution in [3.63, 3.8) is 0 Å². The summed E-state index contributed by atoms with van der Waals surface area (Å²) in [5.41, 5.74) is 7.29. The fourth-order valence-electron chi connectivity index (χ4n) is 3.24. The van der Waals surface area contributed by atoms with Gasteiger partial charge in [-0.2, -0.15) is 5.10 Å². The minimum Gasteiger partial charge on any atom is -0.320 e. The van der Waals surface area contributed by atoms with Crippen LogP contribution in [0.15, 0.2) is 78.9 Å². The first-order valence-electron chi connectivity index (χ1n) is 9.62. The number of carbonyl (C=O) groups excluding carboxylic acids is 1. The van der Waals surface area contributed by atoms with Gasteiger partial charge in [-0.05, 0) is 56.2 Å². The maximum absolute atomic E-state index is 13.0. The van der Waals surface area contributed by atoms with Gasteiger partial charge in [0, 0.05) is 11.3 Å². The minimum absolute atomic E-state index is 0.221. The second-order valence-corrected chi connectivity index (χ2v) is 7.30. The molecule has 0 aliphatic rings. The highest BCUT2D eigenvalue weighted by Crippen LogP contribution is 2.25. The molecule has 1 heterocycles. The number of aromatic nitrogens is 2. The third-order valence-corrected chi connectivity index (χ3v) is 4.93. The van der Waals surface area contributed by atoms with Crippen LogP contribution >= 0.6 is 0 Å². The topological polar surface area (TPSA) is 46.9 Å². The van der Waals surface area contributed by atoms with Crippen molar-refractivity contribution in [3.05, 3.63) is 101 Å². The van der Waals surface area contributed by atoms with Gasteiger partial charge >= 0.3 is 0 Å².